The smallest absolute Gasteiger partial charge is 0.180 e. The normalized spacial score (nSPS) is 33.4. The molecule has 1 unspecified atom stereocenters. The molecule has 1 heterocycles. The summed E-state index contributed by atoms with van der Waals surface area (Å²) in [5.41, 5.74) is -0.752. The van der Waals surface area contributed by atoms with Gasteiger partial charge in [0.1, 0.15) is 6.10 Å². The molecule has 1 aliphatic rings. The number of ketones is 1. The van der Waals surface area contributed by atoms with E-state index in [0.717, 1.165) is 0 Å². The van der Waals surface area contributed by atoms with Crippen molar-refractivity contribution >= 4 is 5.78 Å². The molecule has 0 aromatic rings. The Labute approximate surface area is 73.2 Å². The van der Waals surface area contributed by atoms with Gasteiger partial charge in [-0.1, -0.05) is 0 Å². The topological polar surface area (TPSA) is 49.3 Å². The van der Waals surface area contributed by atoms with E-state index >= 15 is 0 Å². The van der Waals surface area contributed by atoms with Crippen LogP contribution in [0.5, 0.6) is 0 Å². The number of carbonyl (C=O) groups is 1. The van der Waals surface area contributed by atoms with Crippen LogP contribution in [0.25, 0.3) is 0 Å². The first-order valence-corrected chi connectivity index (χ1v) is 4.26. The van der Waals surface area contributed by atoms with Gasteiger partial charge in [0.2, 0.25) is 0 Å². The number of carbonyl (C=O) groups excluding carboxylic acids is 1. The minimum atomic E-state index is -0.809. The molecule has 1 rings (SSSR count). The molecular weight excluding hydrogens is 154 g/mol. The minimum absolute atomic E-state index is 0.109. The van der Waals surface area contributed by atoms with Gasteiger partial charge in [-0.25, -0.2) is 0 Å². The Morgan fingerprint density at radius 3 is 2.33 bits per heavy atom. The molecule has 2 N–H and O–H groups in total. The van der Waals surface area contributed by atoms with Crippen molar-refractivity contribution < 1.29 is 9.90 Å². The Bertz CT molecular complexity index is 209. The predicted molar refractivity (Wildman–Crippen MR) is 46.9 cm³/mol. The number of rotatable bonds is 0. The van der Waals surface area contributed by atoms with Gasteiger partial charge < -0.3 is 10.4 Å². The Hall–Kier alpha value is -0.410. The summed E-state index contributed by atoms with van der Waals surface area (Å²) in [6, 6.07) is 0. The molecule has 0 saturated carbocycles. The molecule has 70 valence electrons. The van der Waals surface area contributed by atoms with Crippen LogP contribution in [0.4, 0.5) is 0 Å². The van der Waals surface area contributed by atoms with Gasteiger partial charge in [-0.05, 0) is 34.1 Å². The maximum atomic E-state index is 11.4. The largest absolute Gasteiger partial charge is 0.385 e. The molecule has 0 spiro atoms. The zero-order chi connectivity index (χ0) is 9.57. The number of aliphatic hydroxyl groups excluding tert-OH is 1. The second-order valence-electron chi connectivity index (χ2n) is 4.72. The van der Waals surface area contributed by atoms with Crippen molar-refractivity contribution in [2.75, 3.05) is 0 Å². The van der Waals surface area contributed by atoms with Crippen molar-refractivity contribution in [3.8, 4) is 0 Å². The van der Waals surface area contributed by atoms with Crippen LogP contribution in [0.15, 0.2) is 0 Å². The van der Waals surface area contributed by atoms with Crippen molar-refractivity contribution in [2.45, 2.75) is 51.3 Å². The summed E-state index contributed by atoms with van der Waals surface area (Å²) in [5, 5.41) is 12.7. The lowest BCUT2D eigenvalue weighted by atomic mass is 9.80. The predicted octanol–water partition coefficient (Wildman–Crippen LogP) is 0.467. The maximum Gasteiger partial charge on any atom is 0.180 e. The number of Topliss-reactive ketones (excluding diaryl/α,β-unsaturated/α-hetero) is 1. The Kier molecular flexibility index (Phi) is 2.05. The maximum absolute atomic E-state index is 11.4. The number of piperidine rings is 1. The number of hydrogen-bond acceptors (Lipinski definition) is 3. The van der Waals surface area contributed by atoms with E-state index in [1.54, 1.807) is 13.8 Å². The van der Waals surface area contributed by atoms with Gasteiger partial charge in [0.25, 0.3) is 0 Å². The molecule has 1 atom stereocenters. The van der Waals surface area contributed by atoms with Crippen LogP contribution in [0, 0.1) is 0 Å². The SMILES string of the molecule is CC1(C)CC(O)C(=O)C(C)(C)N1. The van der Waals surface area contributed by atoms with Crippen LogP contribution < -0.4 is 5.32 Å². The first-order valence-electron chi connectivity index (χ1n) is 4.26. The van der Waals surface area contributed by atoms with E-state index in [1.807, 2.05) is 13.8 Å². The highest BCUT2D eigenvalue weighted by Crippen LogP contribution is 2.25. The average molecular weight is 171 g/mol. The second kappa shape index (κ2) is 2.54. The summed E-state index contributed by atoms with van der Waals surface area (Å²) in [6.45, 7) is 7.59. The lowest BCUT2D eigenvalue weighted by molar-refractivity contribution is -0.138. The first-order chi connectivity index (χ1) is 5.25. The minimum Gasteiger partial charge on any atom is -0.385 e. The van der Waals surface area contributed by atoms with Crippen molar-refractivity contribution in [3.63, 3.8) is 0 Å². The van der Waals surface area contributed by atoms with Gasteiger partial charge in [0, 0.05) is 5.54 Å². The lowest BCUT2D eigenvalue weighted by Gasteiger charge is -2.43. The quantitative estimate of drug-likeness (QED) is 0.557. The molecular formula is C9H17NO2. The standard InChI is InChI=1S/C9H17NO2/c1-8(2)5-6(11)7(12)9(3,4)10-8/h6,10-11H,5H2,1-4H3. The summed E-state index contributed by atoms with van der Waals surface area (Å²) in [5.74, 6) is -0.109. The Morgan fingerprint density at radius 1 is 1.42 bits per heavy atom. The summed E-state index contributed by atoms with van der Waals surface area (Å²) in [4.78, 5) is 11.4. The first kappa shape index (κ1) is 9.68. The van der Waals surface area contributed by atoms with E-state index in [0.29, 0.717) is 6.42 Å². The fourth-order valence-corrected chi connectivity index (χ4v) is 1.95. The number of aliphatic hydroxyl groups is 1. The van der Waals surface area contributed by atoms with E-state index in [4.69, 9.17) is 0 Å². The highest BCUT2D eigenvalue weighted by Gasteiger charge is 2.43. The van der Waals surface area contributed by atoms with E-state index in [2.05, 4.69) is 5.32 Å². The lowest BCUT2D eigenvalue weighted by Crippen LogP contribution is -2.65. The van der Waals surface area contributed by atoms with Crippen LogP contribution in [0.1, 0.15) is 34.1 Å². The van der Waals surface area contributed by atoms with Gasteiger partial charge in [-0.15, -0.1) is 0 Å². The van der Waals surface area contributed by atoms with Crippen molar-refractivity contribution in [1.29, 1.82) is 0 Å². The molecule has 0 radical (unpaired) electrons. The molecule has 0 bridgehead atoms. The molecule has 3 heteroatoms. The summed E-state index contributed by atoms with van der Waals surface area (Å²) < 4.78 is 0. The van der Waals surface area contributed by atoms with Gasteiger partial charge in [0.15, 0.2) is 5.78 Å². The molecule has 0 amide bonds. The zero-order valence-electron chi connectivity index (χ0n) is 8.14. The number of nitrogens with one attached hydrogen (secondary N) is 1. The van der Waals surface area contributed by atoms with Crippen molar-refractivity contribution in [1.82, 2.24) is 5.32 Å². The van der Waals surface area contributed by atoms with Gasteiger partial charge in [0.05, 0.1) is 5.54 Å². The molecule has 3 nitrogen and oxygen atoms in total. The van der Waals surface area contributed by atoms with Crippen LogP contribution in [-0.4, -0.2) is 28.1 Å². The fourth-order valence-electron chi connectivity index (χ4n) is 1.95. The molecule has 0 aromatic carbocycles. The average Bonchev–Trinajstić information content (AvgIpc) is 1.79. The van der Waals surface area contributed by atoms with Gasteiger partial charge >= 0.3 is 0 Å². The van der Waals surface area contributed by atoms with Gasteiger partial charge in [-0.2, -0.15) is 0 Å². The third-order valence-electron chi connectivity index (χ3n) is 2.27. The highest BCUT2D eigenvalue weighted by atomic mass is 16.3. The third-order valence-corrected chi connectivity index (χ3v) is 2.27. The monoisotopic (exact) mass is 171 g/mol. The van der Waals surface area contributed by atoms with Crippen LogP contribution >= 0.6 is 0 Å². The van der Waals surface area contributed by atoms with Gasteiger partial charge in [-0.3, -0.25) is 4.79 Å². The van der Waals surface area contributed by atoms with Crippen molar-refractivity contribution in [3.05, 3.63) is 0 Å². The summed E-state index contributed by atoms with van der Waals surface area (Å²) >= 11 is 0. The molecule has 1 fully saturated rings. The summed E-state index contributed by atoms with van der Waals surface area (Å²) in [6.07, 6.45) is -0.314. The van der Waals surface area contributed by atoms with Crippen LogP contribution in [0.2, 0.25) is 0 Å². The fraction of sp³-hybridized carbons (Fsp3) is 0.889. The summed E-state index contributed by atoms with van der Waals surface area (Å²) in [7, 11) is 0. The zero-order valence-corrected chi connectivity index (χ0v) is 8.14. The Balaban J connectivity index is 2.87. The van der Waals surface area contributed by atoms with Crippen LogP contribution in [-0.2, 0) is 4.79 Å². The highest BCUT2D eigenvalue weighted by molar-refractivity contribution is 5.92. The molecule has 1 saturated heterocycles. The van der Waals surface area contributed by atoms with Crippen molar-refractivity contribution in [2.24, 2.45) is 0 Å². The number of hydrogen-bond donors (Lipinski definition) is 2. The Morgan fingerprint density at radius 2 is 1.92 bits per heavy atom. The van der Waals surface area contributed by atoms with E-state index in [-0.39, 0.29) is 11.3 Å². The van der Waals surface area contributed by atoms with E-state index < -0.39 is 11.6 Å². The molecule has 0 aliphatic carbocycles. The molecule has 0 aromatic heterocycles. The molecule has 1 aliphatic heterocycles. The van der Waals surface area contributed by atoms with E-state index in [9.17, 15) is 9.90 Å². The third kappa shape index (κ3) is 1.67. The second-order valence-corrected chi connectivity index (χ2v) is 4.72. The van der Waals surface area contributed by atoms with E-state index in [1.165, 1.54) is 0 Å². The molecule has 12 heavy (non-hydrogen) atoms. The van der Waals surface area contributed by atoms with Crippen LogP contribution in [0.3, 0.4) is 0 Å².